The molecular weight excluding hydrogens is 500 g/mol. The first-order valence-corrected chi connectivity index (χ1v) is 13.4. The van der Waals surface area contributed by atoms with E-state index in [0.717, 1.165) is 63.4 Å². The summed E-state index contributed by atoms with van der Waals surface area (Å²) in [6.45, 7) is 8.28. The van der Waals surface area contributed by atoms with E-state index in [-0.39, 0.29) is 12.0 Å². The normalized spacial score (nSPS) is 17.6. The molecule has 1 fully saturated rings. The quantitative estimate of drug-likeness (QED) is 0.508. The molecule has 9 heteroatoms. The number of amides is 1. The Morgan fingerprint density at radius 1 is 0.923 bits per heavy atom. The maximum atomic E-state index is 13.7. The number of ether oxygens (including phenoxy) is 2. The van der Waals surface area contributed by atoms with Crippen LogP contribution in [-0.2, 0) is 27.2 Å². The van der Waals surface area contributed by atoms with Gasteiger partial charge in [0.1, 0.15) is 0 Å². The Balaban J connectivity index is 0.000000631. The minimum Gasteiger partial charge on any atom is -0.493 e. The van der Waals surface area contributed by atoms with Gasteiger partial charge in [0.2, 0.25) is 5.91 Å². The van der Waals surface area contributed by atoms with E-state index in [1.807, 2.05) is 0 Å². The summed E-state index contributed by atoms with van der Waals surface area (Å²) in [5, 5.41) is 14.8. The molecule has 0 aliphatic carbocycles. The third-order valence-corrected chi connectivity index (χ3v) is 7.52. The first-order chi connectivity index (χ1) is 18.7. The fraction of sp³-hybridized carbons (Fsp3) is 0.500. The van der Waals surface area contributed by atoms with Crippen LogP contribution >= 0.6 is 0 Å². The second kappa shape index (κ2) is 14.0. The van der Waals surface area contributed by atoms with Crippen molar-refractivity contribution >= 4 is 17.8 Å². The molecule has 212 valence electrons. The number of rotatable bonds is 7. The number of hydrogen-bond acceptors (Lipinski definition) is 6. The Kier molecular flexibility index (Phi) is 10.7. The summed E-state index contributed by atoms with van der Waals surface area (Å²) in [5.74, 6) is -1.36. The van der Waals surface area contributed by atoms with Crippen molar-refractivity contribution in [3.8, 4) is 11.5 Å². The highest BCUT2D eigenvalue weighted by Gasteiger charge is 2.37. The Hall–Kier alpha value is -3.59. The average molecular weight is 541 g/mol. The lowest BCUT2D eigenvalue weighted by molar-refractivity contribution is -0.159. The van der Waals surface area contributed by atoms with E-state index < -0.39 is 11.9 Å². The molecule has 9 nitrogen and oxygen atoms in total. The molecule has 2 heterocycles. The number of aliphatic carboxylic acids is 2. The Bertz CT molecular complexity index is 1120. The van der Waals surface area contributed by atoms with Gasteiger partial charge in [-0.1, -0.05) is 44.2 Å². The molecule has 1 atom stereocenters. The molecule has 1 amide bonds. The van der Waals surface area contributed by atoms with Crippen molar-refractivity contribution in [2.24, 2.45) is 11.8 Å². The summed E-state index contributed by atoms with van der Waals surface area (Å²) in [5.41, 5.74) is 3.86. The molecule has 2 aliphatic heterocycles. The van der Waals surface area contributed by atoms with Crippen molar-refractivity contribution in [2.45, 2.75) is 45.6 Å². The van der Waals surface area contributed by atoms with E-state index in [0.29, 0.717) is 11.8 Å². The van der Waals surface area contributed by atoms with Crippen LogP contribution < -0.4 is 9.47 Å². The lowest BCUT2D eigenvalue weighted by atomic mass is 9.84. The maximum absolute atomic E-state index is 13.7. The molecule has 2 aromatic rings. The van der Waals surface area contributed by atoms with E-state index in [1.165, 1.54) is 16.7 Å². The monoisotopic (exact) mass is 540 g/mol. The number of carbonyl (C=O) groups excluding carboxylic acids is 1. The largest absolute Gasteiger partial charge is 0.493 e. The van der Waals surface area contributed by atoms with Crippen LogP contribution in [0.3, 0.4) is 0 Å². The molecule has 0 saturated carbocycles. The Morgan fingerprint density at radius 2 is 1.51 bits per heavy atom. The van der Waals surface area contributed by atoms with Crippen molar-refractivity contribution in [1.82, 2.24) is 9.80 Å². The maximum Gasteiger partial charge on any atom is 0.414 e. The number of carboxylic acid groups (broad SMARTS) is 2. The van der Waals surface area contributed by atoms with Gasteiger partial charge in [-0.3, -0.25) is 4.79 Å². The number of hydrogen-bond donors (Lipinski definition) is 2. The summed E-state index contributed by atoms with van der Waals surface area (Å²) in [6, 6.07) is 14.9. The number of benzene rings is 2. The van der Waals surface area contributed by atoms with Crippen LogP contribution in [0, 0.1) is 11.8 Å². The van der Waals surface area contributed by atoms with Gasteiger partial charge in [0, 0.05) is 19.0 Å². The molecule has 0 bridgehead atoms. The molecule has 2 aliphatic rings. The van der Waals surface area contributed by atoms with E-state index in [4.69, 9.17) is 29.3 Å². The van der Waals surface area contributed by atoms with Gasteiger partial charge in [-0.05, 0) is 73.5 Å². The molecule has 0 spiro atoms. The third-order valence-electron chi connectivity index (χ3n) is 7.52. The van der Waals surface area contributed by atoms with Crippen molar-refractivity contribution in [3.63, 3.8) is 0 Å². The van der Waals surface area contributed by atoms with Gasteiger partial charge in [-0.2, -0.15) is 0 Å². The SMILES string of the molecule is COc1cc2c(cc1OC)C(C(C)C)N(C(=O)C1CCN(CCc3ccccc3)CC1)CC2.O=C(O)C(=O)O. The van der Waals surface area contributed by atoms with Gasteiger partial charge < -0.3 is 29.5 Å². The van der Waals surface area contributed by atoms with Crippen LogP contribution in [0.25, 0.3) is 0 Å². The molecule has 0 aromatic heterocycles. The number of carbonyl (C=O) groups is 3. The summed E-state index contributed by atoms with van der Waals surface area (Å²) in [7, 11) is 3.35. The number of carboxylic acids is 2. The lowest BCUT2D eigenvalue weighted by Gasteiger charge is -2.43. The fourth-order valence-electron chi connectivity index (χ4n) is 5.51. The summed E-state index contributed by atoms with van der Waals surface area (Å²) < 4.78 is 11.1. The van der Waals surface area contributed by atoms with Crippen LogP contribution in [0.15, 0.2) is 42.5 Å². The van der Waals surface area contributed by atoms with Crippen molar-refractivity contribution in [1.29, 1.82) is 0 Å². The summed E-state index contributed by atoms with van der Waals surface area (Å²) in [6.07, 6.45) is 3.84. The van der Waals surface area contributed by atoms with Crippen LogP contribution in [0.2, 0.25) is 0 Å². The number of piperidine rings is 1. The minimum absolute atomic E-state index is 0.0807. The zero-order valence-electron chi connectivity index (χ0n) is 23.3. The van der Waals surface area contributed by atoms with Crippen molar-refractivity contribution < 1.29 is 34.1 Å². The van der Waals surface area contributed by atoms with Gasteiger partial charge in [-0.15, -0.1) is 0 Å². The minimum atomic E-state index is -1.82. The second-order valence-electron chi connectivity index (χ2n) is 10.3. The lowest BCUT2D eigenvalue weighted by Crippen LogP contribution is -2.47. The molecule has 1 saturated heterocycles. The average Bonchev–Trinajstić information content (AvgIpc) is 2.95. The van der Waals surface area contributed by atoms with Crippen LogP contribution in [0.4, 0.5) is 0 Å². The first kappa shape index (κ1) is 30.0. The van der Waals surface area contributed by atoms with Gasteiger partial charge in [0.05, 0.1) is 20.3 Å². The highest BCUT2D eigenvalue weighted by atomic mass is 16.5. The van der Waals surface area contributed by atoms with E-state index in [9.17, 15) is 4.79 Å². The van der Waals surface area contributed by atoms with E-state index >= 15 is 0 Å². The van der Waals surface area contributed by atoms with Crippen LogP contribution in [0.1, 0.15) is 49.4 Å². The molecule has 0 radical (unpaired) electrons. The van der Waals surface area contributed by atoms with Crippen molar-refractivity contribution in [3.05, 3.63) is 59.2 Å². The molecule has 1 unspecified atom stereocenters. The second-order valence-corrected chi connectivity index (χ2v) is 10.3. The van der Waals surface area contributed by atoms with Gasteiger partial charge in [-0.25, -0.2) is 9.59 Å². The molecule has 4 rings (SSSR count). The highest BCUT2D eigenvalue weighted by molar-refractivity contribution is 6.27. The van der Waals surface area contributed by atoms with Crippen LogP contribution in [0.5, 0.6) is 11.5 Å². The van der Waals surface area contributed by atoms with Gasteiger partial charge in [0.15, 0.2) is 11.5 Å². The Labute approximate surface area is 230 Å². The standard InChI is InChI=1S/C28H38N2O3.C2H2O4/c1-20(2)27-24-19-26(33-4)25(32-3)18-23(24)13-17-30(27)28(31)22-11-15-29(16-12-22)14-10-21-8-6-5-7-9-21;3-1(4)2(5)6/h5-9,18-20,22,27H,10-17H2,1-4H3;(H,3,4)(H,5,6). The zero-order chi connectivity index (χ0) is 28.5. The fourth-order valence-corrected chi connectivity index (χ4v) is 5.51. The van der Waals surface area contributed by atoms with E-state index in [2.05, 4.69) is 66.1 Å². The molecule has 39 heavy (non-hydrogen) atoms. The highest BCUT2D eigenvalue weighted by Crippen LogP contribution is 2.42. The molecule has 2 N–H and O–H groups in total. The number of likely N-dealkylation sites (tertiary alicyclic amines) is 1. The summed E-state index contributed by atoms with van der Waals surface area (Å²) >= 11 is 0. The smallest absolute Gasteiger partial charge is 0.414 e. The van der Waals surface area contributed by atoms with Crippen LogP contribution in [-0.4, -0.2) is 78.3 Å². The topological polar surface area (TPSA) is 117 Å². The zero-order valence-corrected chi connectivity index (χ0v) is 23.3. The van der Waals surface area contributed by atoms with E-state index in [1.54, 1.807) is 14.2 Å². The molecule has 2 aromatic carbocycles. The number of fused-ring (bicyclic) bond motifs is 1. The summed E-state index contributed by atoms with van der Waals surface area (Å²) in [4.78, 5) is 36.6. The van der Waals surface area contributed by atoms with Gasteiger partial charge in [0.25, 0.3) is 0 Å². The van der Waals surface area contributed by atoms with Crippen molar-refractivity contribution in [2.75, 3.05) is 40.4 Å². The third kappa shape index (κ3) is 7.72. The number of methoxy groups -OCH3 is 2. The van der Waals surface area contributed by atoms with Gasteiger partial charge >= 0.3 is 11.9 Å². The molecular formula is C30H40N2O7. The predicted molar refractivity (Wildman–Crippen MR) is 147 cm³/mol. The number of nitrogens with zero attached hydrogens (tertiary/aromatic N) is 2. The first-order valence-electron chi connectivity index (χ1n) is 13.4. The Morgan fingerprint density at radius 3 is 2.05 bits per heavy atom. The predicted octanol–water partition coefficient (Wildman–Crippen LogP) is 3.90.